The number of carbonyl (C=O) groups excluding carboxylic acids is 2. The number of carbonyl (C=O) groups is 2. The topological polar surface area (TPSA) is 53.5 Å². The predicted molar refractivity (Wildman–Crippen MR) is 80.2 cm³/mol. The van der Waals surface area contributed by atoms with Crippen molar-refractivity contribution in [2.24, 2.45) is 5.92 Å². The zero-order chi connectivity index (χ0) is 15.4. The Hall–Kier alpha value is -2.17. The van der Waals surface area contributed by atoms with Crippen LogP contribution in [-0.2, 0) is 16.1 Å². The fraction of sp³-hybridized carbons (Fsp3) is 0.438. The first-order valence-electron chi connectivity index (χ1n) is 7.14. The van der Waals surface area contributed by atoms with E-state index in [4.69, 9.17) is 0 Å². The Kier molecular flexibility index (Phi) is 4.73. The van der Waals surface area contributed by atoms with Crippen molar-refractivity contribution in [1.82, 2.24) is 14.8 Å². The minimum atomic E-state index is -0.111. The van der Waals surface area contributed by atoms with Gasteiger partial charge in [0.15, 0.2) is 0 Å². The third-order valence-corrected chi connectivity index (χ3v) is 3.68. The second-order valence-corrected chi connectivity index (χ2v) is 5.53. The SMILES string of the molecule is C=CC(=O)N1CC(C(=O)N(Cc2ccccn2)C(C)C)C1. The minimum absolute atomic E-state index is 0.0868. The number of rotatable bonds is 5. The second kappa shape index (κ2) is 6.52. The lowest BCUT2D eigenvalue weighted by Gasteiger charge is -2.41. The molecule has 5 heteroatoms. The molecular weight excluding hydrogens is 266 g/mol. The van der Waals surface area contributed by atoms with E-state index in [0.29, 0.717) is 19.6 Å². The summed E-state index contributed by atoms with van der Waals surface area (Å²) in [5.41, 5.74) is 0.873. The molecule has 2 amide bonds. The second-order valence-electron chi connectivity index (χ2n) is 5.53. The molecule has 0 radical (unpaired) electrons. The van der Waals surface area contributed by atoms with E-state index in [2.05, 4.69) is 11.6 Å². The quantitative estimate of drug-likeness (QED) is 0.771. The number of nitrogens with zero attached hydrogens (tertiary/aromatic N) is 3. The Labute approximate surface area is 125 Å². The van der Waals surface area contributed by atoms with Crippen molar-refractivity contribution in [2.75, 3.05) is 13.1 Å². The molecule has 0 aliphatic carbocycles. The molecule has 0 aromatic carbocycles. The zero-order valence-corrected chi connectivity index (χ0v) is 12.5. The van der Waals surface area contributed by atoms with Crippen LogP contribution in [0, 0.1) is 5.92 Å². The zero-order valence-electron chi connectivity index (χ0n) is 12.5. The number of likely N-dealkylation sites (tertiary alicyclic amines) is 1. The Balaban J connectivity index is 1.98. The van der Waals surface area contributed by atoms with Gasteiger partial charge in [-0.05, 0) is 32.1 Å². The molecule has 0 bridgehead atoms. The molecular formula is C16H21N3O2. The van der Waals surface area contributed by atoms with Gasteiger partial charge >= 0.3 is 0 Å². The van der Waals surface area contributed by atoms with E-state index < -0.39 is 0 Å². The van der Waals surface area contributed by atoms with E-state index in [-0.39, 0.29) is 23.8 Å². The summed E-state index contributed by atoms with van der Waals surface area (Å²) in [5.74, 6) is -0.136. The fourth-order valence-corrected chi connectivity index (χ4v) is 2.36. The van der Waals surface area contributed by atoms with Crippen molar-refractivity contribution in [1.29, 1.82) is 0 Å². The molecule has 1 aliphatic rings. The molecule has 0 unspecified atom stereocenters. The maximum Gasteiger partial charge on any atom is 0.246 e. The lowest BCUT2D eigenvalue weighted by molar-refractivity contribution is -0.148. The molecule has 0 N–H and O–H groups in total. The van der Waals surface area contributed by atoms with E-state index in [1.165, 1.54) is 6.08 Å². The summed E-state index contributed by atoms with van der Waals surface area (Å²) in [4.78, 5) is 31.7. The first-order chi connectivity index (χ1) is 10.0. The van der Waals surface area contributed by atoms with Crippen LogP contribution in [0.2, 0.25) is 0 Å². The number of pyridine rings is 1. The van der Waals surface area contributed by atoms with Crippen molar-refractivity contribution >= 4 is 11.8 Å². The van der Waals surface area contributed by atoms with Crippen LogP contribution in [0.4, 0.5) is 0 Å². The standard InChI is InChI=1S/C16H21N3O2/c1-4-15(20)18-9-13(10-18)16(21)19(12(2)3)11-14-7-5-6-8-17-14/h4-8,12-13H,1,9-11H2,2-3H3. The lowest BCUT2D eigenvalue weighted by Crippen LogP contribution is -2.56. The molecule has 0 atom stereocenters. The van der Waals surface area contributed by atoms with Crippen molar-refractivity contribution in [3.8, 4) is 0 Å². The van der Waals surface area contributed by atoms with Crippen molar-refractivity contribution in [3.63, 3.8) is 0 Å². The Morgan fingerprint density at radius 3 is 2.71 bits per heavy atom. The third kappa shape index (κ3) is 3.48. The summed E-state index contributed by atoms with van der Waals surface area (Å²) < 4.78 is 0. The molecule has 2 heterocycles. The van der Waals surface area contributed by atoms with Crippen LogP contribution in [0.5, 0.6) is 0 Å². The van der Waals surface area contributed by atoms with Gasteiger partial charge in [-0.3, -0.25) is 14.6 Å². The summed E-state index contributed by atoms with van der Waals surface area (Å²) in [6, 6.07) is 5.79. The van der Waals surface area contributed by atoms with Gasteiger partial charge in [0.2, 0.25) is 11.8 Å². The van der Waals surface area contributed by atoms with Gasteiger partial charge in [0.25, 0.3) is 0 Å². The fourth-order valence-electron chi connectivity index (χ4n) is 2.36. The predicted octanol–water partition coefficient (Wildman–Crippen LogP) is 1.46. The molecule has 2 rings (SSSR count). The van der Waals surface area contributed by atoms with E-state index in [1.807, 2.05) is 36.9 Å². The Morgan fingerprint density at radius 1 is 1.48 bits per heavy atom. The van der Waals surface area contributed by atoms with Crippen LogP contribution in [0.15, 0.2) is 37.1 Å². The van der Waals surface area contributed by atoms with Crippen LogP contribution >= 0.6 is 0 Å². The molecule has 1 aliphatic heterocycles. The average Bonchev–Trinajstić information content (AvgIpc) is 2.43. The van der Waals surface area contributed by atoms with Gasteiger partial charge in [0.05, 0.1) is 18.2 Å². The molecule has 5 nitrogen and oxygen atoms in total. The molecule has 0 spiro atoms. The van der Waals surface area contributed by atoms with E-state index in [1.54, 1.807) is 11.1 Å². The average molecular weight is 287 g/mol. The van der Waals surface area contributed by atoms with Gasteiger partial charge in [-0.15, -0.1) is 0 Å². The van der Waals surface area contributed by atoms with Gasteiger partial charge in [0, 0.05) is 25.3 Å². The van der Waals surface area contributed by atoms with E-state index in [0.717, 1.165) is 5.69 Å². The molecule has 1 saturated heterocycles. The van der Waals surface area contributed by atoms with Crippen LogP contribution in [-0.4, -0.2) is 45.7 Å². The monoisotopic (exact) mass is 287 g/mol. The summed E-state index contributed by atoms with van der Waals surface area (Å²) in [6.45, 7) is 8.91. The third-order valence-electron chi connectivity index (χ3n) is 3.68. The van der Waals surface area contributed by atoms with Crippen LogP contribution in [0.1, 0.15) is 19.5 Å². The maximum absolute atomic E-state index is 12.6. The van der Waals surface area contributed by atoms with Gasteiger partial charge < -0.3 is 9.80 Å². The summed E-state index contributed by atoms with van der Waals surface area (Å²) in [5, 5.41) is 0. The number of hydrogen-bond acceptors (Lipinski definition) is 3. The molecule has 1 aromatic rings. The van der Waals surface area contributed by atoms with Crippen LogP contribution < -0.4 is 0 Å². The maximum atomic E-state index is 12.6. The number of hydrogen-bond donors (Lipinski definition) is 0. The van der Waals surface area contributed by atoms with E-state index >= 15 is 0 Å². The van der Waals surface area contributed by atoms with E-state index in [9.17, 15) is 9.59 Å². The summed E-state index contributed by atoms with van der Waals surface area (Å²) >= 11 is 0. The normalized spacial score (nSPS) is 14.7. The van der Waals surface area contributed by atoms with Gasteiger partial charge in [-0.25, -0.2) is 0 Å². The molecule has 1 aromatic heterocycles. The summed E-state index contributed by atoms with van der Waals surface area (Å²) in [7, 11) is 0. The molecule has 21 heavy (non-hydrogen) atoms. The van der Waals surface area contributed by atoms with Crippen molar-refractivity contribution in [2.45, 2.75) is 26.4 Å². The number of aromatic nitrogens is 1. The van der Waals surface area contributed by atoms with Gasteiger partial charge in [0.1, 0.15) is 0 Å². The van der Waals surface area contributed by atoms with Gasteiger partial charge in [-0.2, -0.15) is 0 Å². The van der Waals surface area contributed by atoms with Gasteiger partial charge in [-0.1, -0.05) is 12.6 Å². The highest BCUT2D eigenvalue weighted by Gasteiger charge is 2.37. The smallest absolute Gasteiger partial charge is 0.246 e. The highest BCUT2D eigenvalue weighted by molar-refractivity contribution is 5.90. The highest BCUT2D eigenvalue weighted by atomic mass is 16.2. The van der Waals surface area contributed by atoms with Crippen LogP contribution in [0.3, 0.4) is 0 Å². The summed E-state index contributed by atoms with van der Waals surface area (Å²) in [6.07, 6.45) is 3.01. The minimum Gasteiger partial charge on any atom is -0.337 e. The number of amides is 2. The van der Waals surface area contributed by atoms with Crippen LogP contribution in [0.25, 0.3) is 0 Å². The molecule has 0 saturated carbocycles. The van der Waals surface area contributed by atoms with Crippen molar-refractivity contribution in [3.05, 3.63) is 42.7 Å². The Morgan fingerprint density at radius 2 is 2.19 bits per heavy atom. The molecule has 1 fully saturated rings. The Bertz CT molecular complexity index is 522. The van der Waals surface area contributed by atoms with Crippen molar-refractivity contribution < 1.29 is 9.59 Å². The molecule has 112 valence electrons. The highest BCUT2D eigenvalue weighted by Crippen LogP contribution is 2.21. The lowest BCUT2D eigenvalue weighted by atomic mass is 9.97. The first kappa shape index (κ1) is 15.2. The largest absolute Gasteiger partial charge is 0.337 e. The first-order valence-corrected chi connectivity index (χ1v) is 7.14.